The summed E-state index contributed by atoms with van der Waals surface area (Å²) in [4.78, 5) is 14.3. The van der Waals surface area contributed by atoms with Crippen molar-refractivity contribution in [1.29, 1.82) is 0 Å². The van der Waals surface area contributed by atoms with Crippen molar-refractivity contribution in [3.05, 3.63) is 60.2 Å². The van der Waals surface area contributed by atoms with Crippen molar-refractivity contribution in [2.24, 2.45) is 5.73 Å². The Bertz CT molecular complexity index is 623. The van der Waals surface area contributed by atoms with Crippen LogP contribution in [0.4, 0.5) is 5.69 Å². The summed E-state index contributed by atoms with van der Waals surface area (Å²) in [6.45, 7) is 2.17. The predicted molar refractivity (Wildman–Crippen MR) is 99.6 cm³/mol. The number of anilines is 1. The van der Waals surface area contributed by atoms with E-state index in [2.05, 4.69) is 5.32 Å². The number of benzene rings is 2. The summed E-state index contributed by atoms with van der Waals surface area (Å²) >= 11 is 0. The molecule has 0 aliphatic rings. The lowest BCUT2D eigenvalue weighted by atomic mass is 10.2. The summed E-state index contributed by atoms with van der Waals surface area (Å²) in [5.41, 5.74) is 7.55. The molecule has 24 heavy (non-hydrogen) atoms. The standard InChI is InChI=1S/C18H23N3O2.ClH/c1-23-17-9-5-8-16(12-17)20-18(22)14-21(11-10-19)13-15-6-3-2-4-7-15;/h2-9,12H,10-11,13-14,19H2,1H3,(H,20,22);1H. The van der Waals surface area contributed by atoms with E-state index in [1.165, 1.54) is 0 Å². The zero-order chi connectivity index (χ0) is 16.5. The Morgan fingerprint density at radius 1 is 1.17 bits per heavy atom. The van der Waals surface area contributed by atoms with Crippen molar-refractivity contribution < 1.29 is 9.53 Å². The van der Waals surface area contributed by atoms with Crippen LogP contribution in [0.15, 0.2) is 54.6 Å². The molecule has 0 aliphatic heterocycles. The molecule has 1 amide bonds. The van der Waals surface area contributed by atoms with E-state index < -0.39 is 0 Å². The zero-order valence-corrected chi connectivity index (χ0v) is 14.6. The van der Waals surface area contributed by atoms with Crippen LogP contribution < -0.4 is 15.8 Å². The van der Waals surface area contributed by atoms with Crippen LogP contribution in [0, 0.1) is 0 Å². The van der Waals surface area contributed by atoms with Crippen LogP contribution in [-0.4, -0.2) is 37.6 Å². The van der Waals surface area contributed by atoms with Gasteiger partial charge in [0.05, 0.1) is 13.7 Å². The van der Waals surface area contributed by atoms with E-state index in [9.17, 15) is 4.79 Å². The molecule has 0 heterocycles. The van der Waals surface area contributed by atoms with Gasteiger partial charge in [0.15, 0.2) is 0 Å². The number of amides is 1. The van der Waals surface area contributed by atoms with Gasteiger partial charge in [0, 0.05) is 31.4 Å². The second kappa shape index (κ2) is 10.6. The molecule has 0 bridgehead atoms. The highest BCUT2D eigenvalue weighted by Gasteiger charge is 2.11. The van der Waals surface area contributed by atoms with E-state index in [0.29, 0.717) is 31.9 Å². The van der Waals surface area contributed by atoms with Gasteiger partial charge in [-0.15, -0.1) is 12.4 Å². The fraction of sp³-hybridized carbons (Fsp3) is 0.278. The lowest BCUT2D eigenvalue weighted by molar-refractivity contribution is -0.117. The molecule has 0 radical (unpaired) electrons. The molecule has 6 heteroatoms. The third kappa shape index (κ3) is 6.58. The van der Waals surface area contributed by atoms with Crippen LogP contribution in [0.5, 0.6) is 5.75 Å². The zero-order valence-electron chi connectivity index (χ0n) is 13.8. The molecular formula is C18H24ClN3O2. The number of rotatable bonds is 8. The van der Waals surface area contributed by atoms with Crippen LogP contribution in [0.1, 0.15) is 5.56 Å². The molecular weight excluding hydrogens is 326 g/mol. The van der Waals surface area contributed by atoms with Crippen molar-refractivity contribution >= 4 is 24.0 Å². The molecule has 2 rings (SSSR count). The summed E-state index contributed by atoms with van der Waals surface area (Å²) in [5, 5.41) is 2.89. The number of carbonyl (C=O) groups excluding carboxylic acids is 1. The molecule has 3 N–H and O–H groups in total. The van der Waals surface area contributed by atoms with E-state index in [1.54, 1.807) is 13.2 Å². The Balaban J connectivity index is 0.00000288. The highest BCUT2D eigenvalue weighted by atomic mass is 35.5. The van der Waals surface area contributed by atoms with E-state index >= 15 is 0 Å². The van der Waals surface area contributed by atoms with Gasteiger partial charge in [-0.1, -0.05) is 36.4 Å². The van der Waals surface area contributed by atoms with Gasteiger partial charge < -0.3 is 15.8 Å². The summed E-state index contributed by atoms with van der Waals surface area (Å²) in [6, 6.07) is 17.4. The SMILES string of the molecule is COc1cccc(NC(=O)CN(CCN)Cc2ccccc2)c1.Cl. The highest BCUT2D eigenvalue weighted by molar-refractivity contribution is 5.92. The van der Waals surface area contributed by atoms with Crippen LogP contribution in [0.3, 0.4) is 0 Å². The molecule has 5 nitrogen and oxygen atoms in total. The van der Waals surface area contributed by atoms with Gasteiger partial charge in [0.1, 0.15) is 5.75 Å². The Hall–Kier alpha value is -2.08. The number of hydrogen-bond donors (Lipinski definition) is 2. The topological polar surface area (TPSA) is 67.6 Å². The minimum atomic E-state index is -0.0670. The van der Waals surface area contributed by atoms with E-state index in [0.717, 1.165) is 11.3 Å². The normalized spacial score (nSPS) is 10.1. The molecule has 0 saturated heterocycles. The maximum absolute atomic E-state index is 12.3. The summed E-state index contributed by atoms with van der Waals surface area (Å²) in [6.07, 6.45) is 0. The quantitative estimate of drug-likeness (QED) is 0.768. The Morgan fingerprint density at radius 2 is 1.92 bits per heavy atom. The summed E-state index contributed by atoms with van der Waals surface area (Å²) < 4.78 is 5.16. The predicted octanol–water partition coefficient (Wildman–Crippen LogP) is 2.52. The second-order valence-corrected chi connectivity index (χ2v) is 5.27. The Morgan fingerprint density at radius 3 is 2.58 bits per heavy atom. The third-order valence-electron chi connectivity index (χ3n) is 3.42. The van der Waals surface area contributed by atoms with Crippen molar-refractivity contribution in [3.63, 3.8) is 0 Å². The summed E-state index contributed by atoms with van der Waals surface area (Å²) in [7, 11) is 1.60. The van der Waals surface area contributed by atoms with Crippen LogP contribution >= 0.6 is 12.4 Å². The Kier molecular flexibility index (Phi) is 8.86. The van der Waals surface area contributed by atoms with Crippen LogP contribution in [-0.2, 0) is 11.3 Å². The maximum Gasteiger partial charge on any atom is 0.238 e. The second-order valence-electron chi connectivity index (χ2n) is 5.27. The fourth-order valence-electron chi connectivity index (χ4n) is 2.34. The van der Waals surface area contributed by atoms with Gasteiger partial charge in [-0.2, -0.15) is 0 Å². The largest absolute Gasteiger partial charge is 0.497 e. The van der Waals surface area contributed by atoms with E-state index in [-0.39, 0.29) is 18.3 Å². The van der Waals surface area contributed by atoms with Crippen molar-refractivity contribution in [2.75, 3.05) is 32.1 Å². The van der Waals surface area contributed by atoms with Gasteiger partial charge in [-0.3, -0.25) is 9.69 Å². The van der Waals surface area contributed by atoms with Crippen LogP contribution in [0.25, 0.3) is 0 Å². The minimum Gasteiger partial charge on any atom is -0.497 e. The van der Waals surface area contributed by atoms with Crippen LogP contribution in [0.2, 0.25) is 0 Å². The first-order valence-corrected chi connectivity index (χ1v) is 7.61. The molecule has 0 aromatic heterocycles. The van der Waals surface area contributed by atoms with Crippen molar-refractivity contribution in [1.82, 2.24) is 4.90 Å². The maximum atomic E-state index is 12.3. The van der Waals surface area contributed by atoms with Gasteiger partial charge in [-0.05, 0) is 17.7 Å². The number of nitrogens with one attached hydrogen (secondary N) is 1. The molecule has 0 unspecified atom stereocenters. The fourth-order valence-corrected chi connectivity index (χ4v) is 2.34. The molecule has 2 aromatic carbocycles. The first-order chi connectivity index (χ1) is 11.2. The number of halogens is 1. The smallest absolute Gasteiger partial charge is 0.238 e. The minimum absolute atomic E-state index is 0. The first-order valence-electron chi connectivity index (χ1n) is 7.61. The molecule has 0 aliphatic carbocycles. The number of nitrogens with zero attached hydrogens (tertiary/aromatic N) is 1. The lowest BCUT2D eigenvalue weighted by Crippen LogP contribution is -2.36. The average Bonchev–Trinajstić information content (AvgIpc) is 2.56. The van der Waals surface area contributed by atoms with Gasteiger partial charge >= 0.3 is 0 Å². The van der Waals surface area contributed by atoms with Gasteiger partial charge in [-0.25, -0.2) is 0 Å². The number of carbonyl (C=O) groups is 1. The molecule has 0 saturated carbocycles. The van der Waals surface area contributed by atoms with Crippen molar-refractivity contribution in [3.8, 4) is 5.75 Å². The molecule has 0 atom stereocenters. The first kappa shape index (κ1) is 20.0. The monoisotopic (exact) mass is 349 g/mol. The number of ether oxygens (including phenoxy) is 1. The van der Waals surface area contributed by atoms with Gasteiger partial charge in [0.2, 0.25) is 5.91 Å². The average molecular weight is 350 g/mol. The van der Waals surface area contributed by atoms with Gasteiger partial charge in [0.25, 0.3) is 0 Å². The third-order valence-corrected chi connectivity index (χ3v) is 3.42. The van der Waals surface area contributed by atoms with E-state index in [1.807, 2.05) is 53.4 Å². The highest BCUT2D eigenvalue weighted by Crippen LogP contribution is 2.16. The summed E-state index contributed by atoms with van der Waals surface area (Å²) in [5.74, 6) is 0.647. The Labute approximate surface area is 149 Å². The molecule has 0 fully saturated rings. The molecule has 0 spiro atoms. The number of nitrogens with two attached hydrogens (primary N) is 1. The van der Waals surface area contributed by atoms with E-state index in [4.69, 9.17) is 10.5 Å². The molecule has 2 aromatic rings. The number of hydrogen-bond acceptors (Lipinski definition) is 4. The number of methoxy groups -OCH3 is 1. The lowest BCUT2D eigenvalue weighted by Gasteiger charge is -2.21. The van der Waals surface area contributed by atoms with Crippen molar-refractivity contribution in [2.45, 2.75) is 6.54 Å². The molecule has 130 valence electrons.